The molecule has 0 aliphatic heterocycles. The molecule has 1 aromatic carbocycles. The van der Waals surface area contributed by atoms with Crippen molar-refractivity contribution in [2.24, 2.45) is 5.73 Å². The van der Waals surface area contributed by atoms with Crippen LogP contribution in [-0.2, 0) is 16.4 Å². The lowest BCUT2D eigenvalue weighted by molar-refractivity contribution is 0.0841. The van der Waals surface area contributed by atoms with Crippen molar-refractivity contribution < 1.29 is 13.5 Å². The number of benzene rings is 1. The van der Waals surface area contributed by atoms with Crippen LogP contribution in [0, 0.1) is 0 Å². The molecule has 0 aromatic heterocycles. The topological polar surface area (TPSA) is 83.6 Å². The zero-order chi connectivity index (χ0) is 15.4. The third-order valence-electron chi connectivity index (χ3n) is 3.63. The highest BCUT2D eigenvalue weighted by Gasteiger charge is 2.24. The molecule has 0 aliphatic carbocycles. The summed E-state index contributed by atoms with van der Waals surface area (Å²) in [4.78, 5) is 2.16. The second-order valence-corrected chi connectivity index (χ2v) is 7.67. The molecule has 0 radical (unpaired) electrons. The smallest absolute Gasteiger partial charge is 0.179 e. The summed E-state index contributed by atoms with van der Waals surface area (Å²) in [5.74, 6) is 0.0227. The molecule has 0 aliphatic rings. The maximum Gasteiger partial charge on any atom is 0.179 e. The van der Waals surface area contributed by atoms with E-state index in [4.69, 9.17) is 5.73 Å². The van der Waals surface area contributed by atoms with Crippen molar-refractivity contribution in [1.29, 1.82) is 0 Å². The summed E-state index contributed by atoms with van der Waals surface area (Å²) in [5.41, 5.74) is 5.96. The molecule has 114 valence electrons. The molecular formula is C14H24N2O3S. The average Bonchev–Trinajstić information content (AvgIpc) is 2.44. The first-order valence-electron chi connectivity index (χ1n) is 6.57. The van der Waals surface area contributed by atoms with E-state index in [9.17, 15) is 13.5 Å². The summed E-state index contributed by atoms with van der Waals surface area (Å²) in [6, 6.07) is 6.64. The lowest BCUT2D eigenvalue weighted by Crippen LogP contribution is -2.46. The van der Waals surface area contributed by atoms with Gasteiger partial charge in [-0.15, -0.1) is 0 Å². The molecular weight excluding hydrogens is 276 g/mol. The molecule has 0 saturated carbocycles. The summed E-state index contributed by atoms with van der Waals surface area (Å²) in [7, 11) is -1.50. The van der Waals surface area contributed by atoms with Crippen LogP contribution in [-0.4, -0.2) is 49.9 Å². The summed E-state index contributed by atoms with van der Waals surface area (Å²) in [5, 5.41) is 9.27. The molecule has 0 spiro atoms. The number of sulfone groups is 1. The summed E-state index contributed by atoms with van der Waals surface area (Å²) in [6.45, 7) is 4.49. The summed E-state index contributed by atoms with van der Waals surface area (Å²) < 4.78 is 24.5. The quantitative estimate of drug-likeness (QED) is 0.771. The van der Waals surface area contributed by atoms with E-state index in [-0.39, 0.29) is 12.4 Å². The van der Waals surface area contributed by atoms with E-state index in [1.54, 1.807) is 24.3 Å². The van der Waals surface area contributed by atoms with E-state index in [1.165, 1.54) is 0 Å². The highest BCUT2D eigenvalue weighted by atomic mass is 32.2. The fourth-order valence-electron chi connectivity index (χ4n) is 1.63. The van der Waals surface area contributed by atoms with Gasteiger partial charge in [-0.05, 0) is 38.6 Å². The minimum atomic E-state index is -3.31. The van der Waals surface area contributed by atoms with Crippen molar-refractivity contribution in [1.82, 2.24) is 4.90 Å². The molecule has 0 fully saturated rings. The van der Waals surface area contributed by atoms with Crippen molar-refractivity contribution in [3.63, 3.8) is 0 Å². The first-order chi connectivity index (χ1) is 9.23. The number of aliphatic hydroxyl groups excluding tert-OH is 1. The van der Waals surface area contributed by atoms with Crippen LogP contribution in [0.25, 0.3) is 0 Å². The molecule has 20 heavy (non-hydrogen) atoms. The van der Waals surface area contributed by atoms with Crippen molar-refractivity contribution in [2.45, 2.75) is 30.8 Å². The van der Waals surface area contributed by atoms with Gasteiger partial charge in [0.15, 0.2) is 9.84 Å². The Kier molecular flexibility index (Phi) is 5.70. The highest BCUT2D eigenvalue weighted by molar-refractivity contribution is 7.91. The van der Waals surface area contributed by atoms with Gasteiger partial charge in [0.2, 0.25) is 0 Å². The average molecular weight is 300 g/mol. The Morgan fingerprint density at radius 1 is 1.25 bits per heavy atom. The lowest BCUT2D eigenvalue weighted by Gasteiger charge is -2.33. The number of hydrogen-bond donors (Lipinski definition) is 2. The molecule has 1 aromatic rings. The van der Waals surface area contributed by atoms with Crippen LogP contribution in [0.15, 0.2) is 29.2 Å². The van der Waals surface area contributed by atoms with Crippen molar-refractivity contribution in [2.75, 3.05) is 26.0 Å². The van der Waals surface area contributed by atoms with Crippen LogP contribution >= 0.6 is 0 Å². The lowest BCUT2D eigenvalue weighted by atomic mass is 10.1. The monoisotopic (exact) mass is 300 g/mol. The second-order valence-electron chi connectivity index (χ2n) is 5.56. The zero-order valence-electron chi connectivity index (χ0n) is 12.3. The van der Waals surface area contributed by atoms with Gasteiger partial charge < -0.3 is 10.8 Å². The maximum absolute atomic E-state index is 12.2. The molecule has 0 bridgehead atoms. The van der Waals surface area contributed by atoms with E-state index >= 15 is 0 Å². The summed E-state index contributed by atoms with van der Waals surface area (Å²) in [6.07, 6.45) is 0. The predicted octanol–water partition coefficient (Wildman–Crippen LogP) is 0.622. The van der Waals surface area contributed by atoms with Gasteiger partial charge in [-0.3, -0.25) is 4.90 Å². The summed E-state index contributed by atoms with van der Waals surface area (Å²) >= 11 is 0. The van der Waals surface area contributed by atoms with Gasteiger partial charge >= 0.3 is 0 Å². The number of aliphatic hydroxyl groups is 1. The molecule has 0 saturated heterocycles. The van der Waals surface area contributed by atoms with Gasteiger partial charge in [-0.25, -0.2) is 8.42 Å². The maximum atomic E-state index is 12.2. The predicted molar refractivity (Wildman–Crippen MR) is 80.2 cm³/mol. The number of nitrogens with two attached hydrogens (primary N) is 1. The van der Waals surface area contributed by atoms with Gasteiger partial charge in [0.25, 0.3) is 0 Å². The highest BCUT2D eigenvalue weighted by Crippen LogP contribution is 2.15. The Morgan fingerprint density at radius 2 is 1.80 bits per heavy atom. The zero-order valence-corrected chi connectivity index (χ0v) is 13.2. The first-order valence-corrected chi connectivity index (χ1v) is 8.22. The van der Waals surface area contributed by atoms with Crippen molar-refractivity contribution in [3.8, 4) is 0 Å². The fraction of sp³-hybridized carbons (Fsp3) is 0.571. The molecule has 6 heteroatoms. The Morgan fingerprint density at radius 3 is 2.25 bits per heavy atom. The Labute approximate surface area is 121 Å². The Balaban J connectivity index is 2.75. The fourth-order valence-corrected chi connectivity index (χ4v) is 2.93. The van der Waals surface area contributed by atoms with Crippen LogP contribution < -0.4 is 5.73 Å². The van der Waals surface area contributed by atoms with Crippen LogP contribution in [0.4, 0.5) is 0 Å². The molecule has 3 N–H and O–H groups in total. The largest absolute Gasteiger partial charge is 0.394 e. The SMILES string of the molecule is CN(CCS(=O)(=O)c1ccc(CN)cc1)C(C)(C)CO. The van der Waals surface area contributed by atoms with Gasteiger partial charge in [0, 0.05) is 18.6 Å². The minimum absolute atomic E-state index is 0.0191. The molecule has 0 unspecified atom stereocenters. The number of likely N-dealkylation sites (N-methyl/N-ethyl adjacent to an activating group) is 1. The minimum Gasteiger partial charge on any atom is -0.394 e. The van der Waals surface area contributed by atoms with Crippen LogP contribution in [0.5, 0.6) is 0 Å². The number of rotatable bonds is 7. The van der Waals surface area contributed by atoms with Gasteiger partial charge in [0.05, 0.1) is 17.3 Å². The van der Waals surface area contributed by atoms with E-state index in [0.29, 0.717) is 18.0 Å². The Hall–Kier alpha value is -0.950. The third-order valence-corrected chi connectivity index (χ3v) is 5.34. The first kappa shape index (κ1) is 17.1. The second kappa shape index (κ2) is 6.67. The van der Waals surface area contributed by atoms with Crippen LogP contribution in [0.1, 0.15) is 19.4 Å². The van der Waals surface area contributed by atoms with E-state index < -0.39 is 15.4 Å². The standard InChI is InChI=1S/C14H24N2O3S/c1-14(2,11-17)16(3)8-9-20(18,19)13-6-4-12(10-15)5-7-13/h4-7,17H,8-11,15H2,1-3H3. The van der Waals surface area contributed by atoms with E-state index in [0.717, 1.165) is 5.56 Å². The van der Waals surface area contributed by atoms with E-state index in [2.05, 4.69) is 0 Å². The normalized spacial score (nSPS) is 12.9. The molecule has 0 amide bonds. The van der Waals surface area contributed by atoms with Gasteiger partial charge in [0.1, 0.15) is 0 Å². The van der Waals surface area contributed by atoms with Crippen molar-refractivity contribution >= 4 is 9.84 Å². The third kappa shape index (κ3) is 4.28. The number of hydrogen-bond acceptors (Lipinski definition) is 5. The van der Waals surface area contributed by atoms with E-state index in [1.807, 2.05) is 25.8 Å². The van der Waals surface area contributed by atoms with Gasteiger partial charge in [-0.1, -0.05) is 12.1 Å². The molecule has 0 atom stereocenters. The van der Waals surface area contributed by atoms with Gasteiger partial charge in [-0.2, -0.15) is 0 Å². The van der Waals surface area contributed by atoms with Crippen LogP contribution in [0.3, 0.4) is 0 Å². The van der Waals surface area contributed by atoms with Crippen LogP contribution in [0.2, 0.25) is 0 Å². The Bertz CT molecular complexity index is 524. The molecule has 0 heterocycles. The van der Waals surface area contributed by atoms with Crippen molar-refractivity contribution in [3.05, 3.63) is 29.8 Å². The molecule has 5 nitrogen and oxygen atoms in total. The number of nitrogens with zero attached hydrogens (tertiary/aromatic N) is 1. The molecule has 1 rings (SSSR count).